The summed E-state index contributed by atoms with van der Waals surface area (Å²) in [6, 6.07) is 5.20. The van der Waals surface area contributed by atoms with Crippen molar-refractivity contribution in [1.82, 2.24) is 9.78 Å². The molecule has 0 aliphatic heterocycles. The number of carbonyl (C=O) groups excluding carboxylic acids is 1. The smallest absolute Gasteiger partial charge is 0.213 e. The average molecular weight is 392 g/mol. The van der Waals surface area contributed by atoms with E-state index in [9.17, 15) is 4.79 Å². The van der Waals surface area contributed by atoms with E-state index < -0.39 is 0 Å². The highest BCUT2D eigenvalue weighted by atomic mass is 79.9. The van der Waals surface area contributed by atoms with Gasteiger partial charge in [0.1, 0.15) is 5.69 Å². The van der Waals surface area contributed by atoms with Gasteiger partial charge < -0.3 is 0 Å². The molecule has 0 saturated carbocycles. The second-order valence-electron chi connectivity index (χ2n) is 3.61. The van der Waals surface area contributed by atoms with Gasteiger partial charge in [-0.1, -0.05) is 27.5 Å². The molecule has 0 atom stereocenters. The summed E-state index contributed by atoms with van der Waals surface area (Å²) < 4.78 is 3.13. The molecule has 6 heteroatoms. The topological polar surface area (TPSA) is 34.9 Å². The SMILES string of the molecule is CCn1ncc(Br)c1C(=O)c1cc(Br)ccc1Cl. The van der Waals surface area contributed by atoms with Crippen molar-refractivity contribution < 1.29 is 4.79 Å². The van der Waals surface area contributed by atoms with E-state index in [0.717, 1.165) is 4.47 Å². The summed E-state index contributed by atoms with van der Waals surface area (Å²) in [6.07, 6.45) is 1.61. The van der Waals surface area contributed by atoms with E-state index in [4.69, 9.17) is 11.6 Å². The number of hydrogen-bond acceptors (Lipinski definition) is 2. The highest BCUT2D eigenvalue weighted by Gasteiger charge is 2.20. The lowest BCUT2D eigenvalue weighted by Crippen LogP contribution is -2.11. The third-order valence-electron chi connectivity index (χ3n) is 2.48. The Balaban J connectivity index is 2.54. The fourth-order valence-electron chi connectivity index (χ4n) is 1.63. The van der Waals surface area contributed by atoms with Gasteiger partial charge in [-0.15, -0.1) is 0 Å². The third-order valence-corrected chi connectivity index (χ3v) is 3.89. The summed E-state index contributed by atoms with van der Waals surface area (Å²) in [4.78, 5) is 12.5. The Bertz CT molecular complexity index is 610. The number of carbonyl (C=O) groups is 1. The highest BCUT2D eigenvalue weighted by molar-refractivity contribution is 9.10. The van der Waals surface area contributed by atoms with E-state index in [1.165, 1.54) is 0 Å². The van der Waals surface area contributed by atoms with Gasteiger partial charge in [-0.25, -0.2) is 0 Å². The van der Waals surface area contributed by atoms with Crippen LogP contribution in [-0.2, 0) is 6.54 Å². The Morgan fingerprint density at radius 3 is 2.83 bits per heavy atom. The molecule has 2 aromatic rings. The number of rotatable bonds is 3. The molecular formula is C12H9Br2ClN2O. The van der Waals surface area contributed by atoms with E-state index in [0.29, 0.717) is 27.3 Å². The number of aryl methyl sites for hydroxylation is 1. The number of hydrogen-bond donors (Lipinski definition) is 0. The maximum atomic E-state index is 12.5. The Morgan fingerprint density at radius 2 is 2.17 bits per heavy atom. The first-order chi connectivity index (χ1) is 8.54. The second-order valence-corrected chi connectivity index (χ2v) is 5.79. The van der Waals surface area contributed by atoms with Crippen LogP contribution in [0, 0.1) is 0 Å². The predicted molar refractivity (Wildman–Crippen MR) is 78.2 cm³/mol. The van der Waals surface area contributed by atoms with E-state index in [1.54, 1.807) is 29.1 Å². The van der Waals surface area contributed by atoms with E-state index in [2.05, 4.69) is 37.0 Å². The molecule has 0 radical (unpaired) electrons. The molecule has 1 heterocycles. The molecule has 0 N–H and O–H groups in total. The lowest BCUT2D eigenvalue weighted by Gasteiger charge is -2.07. The fraction of sp³-hybridized carbons (Fsp3) is 0.167. The van der Waals surface area contributed by atoms with Crippen molar-refractivity contribution >= 4 is 49.2 Å². The summed E-state index contributed by atoms with van der Waals surface area (Å²) in [7, 11) is 0. The van der Waals surface area contributed by atoms with Gasteiger partial charge in [-0.2, -0.15) is 5.10 Å². The highest BCUT2D eigenvalue weighted by Crippen LogP contribution is 2.26. The van der Waals surface area contributed by atoms with Crippen LogP contribution < -0.4 is 0 Å². The molecule has 0 fully saturated rings. The first-order valence-electron chi connectivity index (χ1n) is 5.25. The minimum absolute atomic E-state index is 0.146. The Hall–Kier alpha value is -0.650. The summed E-state index contributed by atoms with van der Waals surface area (Å²) >= 11 is 12.7. The molecule has 1 aromatic carbocycles. The zero-order valence-corrected chi connectivity index (χ0v) is 13.4. The Kier molecular flexibility index (Phi) is 4.25. The Labute approximate surface area is 126 Å². The number of benzene rings is 1. The number of halogens is 3. The van der Waals surface area contributed by atoms with Gasteiger partial charge in [0.15, 0.2) is 0 Å². The standard InChI is InChI=1S/C12H9Br2ClN2O/c1-2-17-11(9(14)6-16-17)12(18)8-5-7(13)3-4-10(8)15/h3-6H,2H2,1H3. The van der Waals surface area contributed by atoms with Crippen LogP contribution in [-0.4, -0.2) is 15.6 Å². The number of aromatic nitrogens is 2. The largest absolute Gasteiger partial charge is 0.287 e. The molecule has 0 unspecified atom stereocenters. The molecule has 0 spiro atoms. The van der Waals surface area contributed by atoms with Crippen molar-refractivity contribution in [3.8, 4) is 0 Å². The van der Waals surface area contributed by atoms with Crippen LogP contribution in [0.4, 0.5) is 0 Å². The van der Waals surface area contributed by atoms with Gasteiger partial charge in [-0.3, -0.25) is 9.48 Å². The van der Waals surface area contributed by atoms with Crippen LogP contribution in [0.2, 0.25) is 5.02 Å². The predicted octanol–water partition coefficient (Wildman–Crippen LogP) is 4.31. The summed E-state index contributed by atoms with van der Waals surface area (Å²) in [5.74, 6) is -0.146. The van der Waals surface area contributed by atoms with Crippen LogP contribution >= 0.6 is 43.5 Å². The van der Waals surface area contributed by atoms with Crippen molar-refractivity contribution in [1.29, 1.82) is 0 Å². The monoisotopic (exact) mass is 390 g/mol. The summed E-state index contributed by atoms with van der Waals surface area (Å²) in [6.45, 7) is 2.55. The van der Waals surface area contributed by atoms with Crippen molar-refractivity contribution in [2.24, 2.45) is 0 Å². The average Bonchev–Trinajstić information content (AvgIpc) is 2.72. The first kappa shape index (κ1) is 13.8. The molecule has 0 saturated heterocycles. The molecule has 3 nitrogen and oxygen atoms in total. The van der Waals surface area contributed by atoms with Gasteiger partial charge in [0.2, 0.25) is 5.78 Å². The molecule has 2 rings (SSSR count). The van der Waals surface area contributed by atoms with Gasteiger partial charge in [0.25, 0.3) is 0 Å². The summed E-state index contributed by atoms with van der Waals surface area (Å²) in [5.41, 5.74) is 0.972. The van der Waals surface area contributed by atoms with E-state index in [-0.39, 0.29) is 5.78 Å². The zero-order valence-electron chi connectivity index (χ0n) is 9.45. The maximum Gasteiger partial charge on any atom is 0.213 e. The van der Waals surface area contributed by atoms with Crippen LogP contribution in [0.15, 0.2) is 33.3 Å². The number of nitrogens with zero attached hydrogens (tertiary/aromatic N) is 2. The molecular weight excluding hydrogens is 383 g/mol. The first-order valence-corrected chi connectivity index (χ1v) is 7.22. The normalized spacial score (nSPS) is 10.7. The molecule has 18 heavy (non-hydrogen) atoms. The van der Waals surface area contributed by atoms with Crippen molar-refractivity contribution in [3.63, 3.8) is 0 Å². The molecule has 0 aliphatic carbocycles. The van der Waals surface area contributed by atoms with E-state index >= 15 is 0 Å². The van der Waals surface area contributed by atoms with Crippen LogP contribution in [0.5, 0.6) is 0 Å². The Morgan fingerprint density at radius 1 is 1.44 bits per heavy atom. The zero-order chi connectivity index (χ0) is 13.3. The summed E-state index contributed by atoms with van der Waals surface area (Å²) in [5, 5.41) is 4.56. The number of ketones is 1. The van der Waals surface area contributed by atoms with Crippen molar-refractivity contribution in [2.75, 3.05) is 0 Å². The van der Waals surface area contributed by atoms with E-state index in [1.807, 2.05) is 6.92 Å². The molecule has 0 amide bonds. The fourth-order valence-corrected chi connectivity index (χ4v) is 2.67. The van der Waals surface area contributed by atoms with Gasteiger partial charge in [0, 0.05) is 16.6 Å². The molecule has 0 bridgehead atoms. The molecule has 0 aliphatic rings. The second kappa shape index (κ2) is 5.55. The van der Waals surface area contributed by atoms with Gasteiger partial charge in [-0.05, 0) is 41.1 Å². The van der Waals surface area contributed by atoms with Crippen LogP contribution in [0.25, 0.3) is 0 Å². The molecule has 94 valence electrons. The van der Waals surface area contributed by atoms with Crippen molar-refractivity contribution in [3.05, 3.63) is 49.6 Å². The van der Waals surface area contributed by atoms with Gasteiger partial charge >= 0.3 is 0 Å². The third kappa shape index (κ3) is 2.53. The van der Waals surface area contributed by atoms with Gasteiger partial charge in [0.05, 0.1) is 15.7 Å². The lowest BCUT2D eigenvalue weighted by atomic mass is 10.1. The van der Waals surface area contributed by atoms with Crippen LogP contribution in [0.3, 0.4) is 0 Å². The quantitative estimate of drug-likeness (QED) is 0.730. The minimum atomic E-state index is -0.146. The molecule has 1 aromatic heterocycles. The lowest BCUT2D eigenvalue weighted by molar-refractivity contribution is 0.102. The van der Waals surface area contributed by atoms with Crippen molar-refractivity contribution in [2.45, 2.75) is 13.5 Å². The maximum absolute atomic E-state index is 12.5. The minimum Gasteiger partial charge on any atom is -0.287 e. The van der Waals surface area contributed by atoms with Crippen LogP contribution in [0.1, 0.15) is 23.0 Å².